The maximum Gasteiger partial charge on any atom is 0.121 e. The number of halogens is 2. The van der Waals surface area contributed by atoms with Gasteiger partial charge in [0.1, 0.15) is 4.33 Å². The predicted octanol–water partition coefficient (Wildman–Crippen LogP) is 2.61. The number of nitrogens with two attached hydrogens (primary N) is 1. The first kappa shape index (κ1) is 12.8. The van der Waals surface area contributed by atoms with E-state index in [9.17, 15) is 4.21 Å². The second-order valence-electron chi connectivity index (χ2n) is 4.81. The van der Waals surface area contributed by atoms with Gasteiger partial charge in [-0.25, -0.2) is 4.21 Å². The highest BCUT2D eigenvalue weighted by Gasteiger charge is 2.54. The van der Waals surface area contributed by atoms with Crippen LogP contribution in [0.1, 0.15) is 33.6 Å². The van der Waals surface area contributed by atoms with E-state index in [1.807, 2.05) is 13.8 Å². The maximum absolute atomic E-state index is 11.2. The first-order chi connectivity index (χ1) is 6.17. The minimum atomic E-state index is -1.30. The van der Waals surface area contributed by atoms with Gasteiger partial charge in [0.05, 0.1) is 15.7 Å². The first-order valence-electron chi connectivity index (χ1n) is 4.71. The summed E-state index contributed by atoms with van der Waals surface area (Å²) in [6.45, 7) is 5.91. The molecule has 1 saturated carbocycles. The molecule has 14 heavy (non-hydrogen) atoms. The second kappa shape index (κ2) is 3.93. The third-order valence-electron chi connectivity index (χ3n) is 2.92. The smallest absolute Gasteiger partial charge is 0.121 e. The minimum absolute atomic E-state index is 0.327. The number of hydrogen-bond donors (Lipinski definition) is 1. The Hall–Kier alpha value is 0.690. The first-order valence-corrected chi connectivity index (χ1v) is 6.68. The van der Waals surface area contributed by atoms with E-state index in [4.69, 9.17) is 28.3 Å². The van der Waals surface area contributed by atoms with Crippen molar-refractivity contribution in [3.05, 3.63) is 0 Å². The molecule has 1 aliphatic rings. The highest BCUT2D eigenvalue weighted by Crippen LogP contribution is 2.58. The van der Waals surface area contributed by atoms with Gasteiger partial charge in [-0.05, 0) is 38.5 Å². The lowest BCUT2D eigenvalue weighted by molar-refractivity contribution is 0.412. The summed E-state index contributed by atoms with van der Waals surface area (Å²) in [5.41, 5.74) is 0. The molecule has 84 valence electrons. The third kappa shape index (κ3) is 2.84. The Morgan fingerprint density at radius 2 is 2.07 bits per heavy atom. The largest absolute Gasteiger partial charge is 0.251 e. The van der Waals surface area contributed by atoms with E-state index in [-0.39, 0.29) is 4.75 Å². The van der Waals surface area contributed by atoms with Gasteiger partial charge in [-0.3, -0.25) is 5.14 Å². The van der Waals surface area contributed by atoms with Gasteiger partial charge >= 0.3 is 0 Å². The summed E-state index contributed by atoms with van der Waals surface area (Å²) in [5, 5.41) is 5.41. The van der Waals surface area contributed by atoms with Gasteiger partial charge in [0, 0.05) is 0 Å². The van der Waals surface area contributed by atoms with Crippen LogP contribution in [-0.2, 0) is 11.0 Å². The summed E-state index contributed by atoms with van der Waals surface area (Å²) in [6.07, 6.45) is 1.63. The van der Waals surface area contributed by atoms with Crippen molar-refractivity contribution < 1.29 is 4.21 Å². The fourth-order valence-corrected chi connectivity index (χ4v) is 3.04. The molecule has 0 aromatic carbocycles. The molecule has 5 heteroatoms. The fraction of sp³-hybridized carbons (Fsp3) is 1.00. The minimum Gasteiger partial charge on any atom is -0.251 e. The summed E-state index contributed by atoms with van der Waals surface area (Å²) >= 11 is 11.9. The lowest BCUT2D eigenvalue weighted by atomic mass is 9.94. The van der Waals surface area contributed by atoms with Crippen LogP contribution in [0, 0.1) is 11.8 Å². The Labute approximate surface area is 98.1 Å². The van der Waals surface area contributed by atoms with Crippen molar-refractivity contribution in [2.45, 2.75) is 42.7 Å². The predicted molar refractivity (Wildman–Crippen MR) is 62.7 cm³/mol. The van der Waals surface area contributed by atoms with Crippen LogP contribution in [0.4, 0.5) is 0 Å². The van der Waals surface area contributed by atoms with Gasteiger partial charge in [0.15, 0.2) is 0 Å². The van der Waals surface area contributed by atoms with Crippen LogP contribution in [0.5, 0.6) is 0 Å². The van der Waals surface area contributed by atoms with E-state index in [0.717, 1.165) is 12.8 Å². The van der Waals surface area contributed by atoms with Crippen molar-refractivity contribution in [3.63, 3.8) is 0 Å². The topological polar surface area (TPSA) is 43.1 Å². The van der Waals surface area contributed by atoms with E-state index in [0.29, 0.717) is 11.8 Å². The van der Waals surface area contributed by atoms with Crippen LogP contribution in [0.2, 0.25) is 0 Å². The summed E-state index contributed by atoms with van der Waals surface area (Å²) in [7, 11) is -1.30. The molecular formula is C9H17Cl2NOS. The molecule has 0 radical (unpaired) electrons. The van der Waals surface area contributed by atoms with Gasteiger partial charge in [0.2, 0.25) is 0 Å². The number of hydrogen-bond acceptors (Lipinski definition) is 1. The molecule has 1 rings (SSSR count). The number of alkyl halides is 2. The Morgan fingerprint density at radius 1 is 1.64 bits per heavy atom. The van der Waals surface area contributed by atoms with Crippen LogP contribution in [-0.4, -0.2) is 13.3 Å². The molecule has 0 spiro atoms. The van der Waals surface area contributed by atoms with Crippen molar-refractivity contribution in [1.29, 1.82) is 0 Å². The van der Waals surface area contributed by atoms with E-state index in [1.54, 1.807) is 0 Å². The fourth-order valence-electron chi connectivity index (χ4n) is 1.85. The van der Waals surface area contributed by atoms with E-state index >= 15 is 0 Å². The average Bonchev–Trinajstić information content (AvgIpc) is 2.58. The monoisotopic (exact) mass is 257 g/mol. The van der Waals surface area contributed by atoms with Crippen LogP contribution in [0.25, 0.3) is 0 Å². The van der Waals surface area contributed by atoms with E-state index < -0.39 is 15.3 Å². The van der Waals surface area contributed by atoms with Crippen molar-refractivity contribution in [3.8, 4) is 0 Å². The lowest BCUT2D eigenvalue weighted by Crippen LogP contribution is -2.34. The quantitative estimate of drug-likeness (QED) is 0.774. The summed E-state index contributed by atoms with van der Waals surface area (Å²) in [4.78, 5) is 0. The zero-order valence-electron chi connectivity index (χ0n) is 8.72. The van der Waals surface area contributed by atoms with Crippen molar-refractivity contribution in [2.24, 2.45) is 17.0 Å². The molecule has 1 unspecified atom stereocenters. The molecule has 0 aromatic rings. The molecule has 3 atom stereocenters. The Bertz CT molecular complexity index is 255. The van der Waals surface area contributed by atoms with E-state index in [2.05, 4.69) is 6.92 Å². The lowest BCUT2D eigenvalue weighted by Gasteiger charge is -2.25. The zero-order valence-corrected chi connectivity index (χ0v) is 11.0. The van der Waals surface area contributed by atoms with Crippen LogP contribution in [0.3, 0.4) is 0 Å². The molecular weight excluding hydrogens is 241 g/mol. The van der Waals surface area contributed by atoms with Gasteiger partial charge in [0.25, 0.3) is 0 Å². The standard InChI is InChI=1S/C9H17Cl2NOS/c1-6(7-5-9(7,10)11)4-8(2,3)14(12)13/h6-7H,4-5,12H2,1-3H3/t6-,7-,14?/m1/s1. The van der Waals surface area contributed by atoms with Crippen molar-refractivity contribution in [1.82, 2.24) is 0 Å². The summed E-state index contributed by atoms with van der Waals surface area (Å²) in [6, 6.07) is 0. The third-order valence-corrected chi connectivity index (χ3v) is 5.04. The van der Waals surface area contributed by atoms with Crippen molar-refractivity contribution >= 4 is 34.2 Å². The highest BCUT2D eigenvalue weighted by molar-refractivity contribution is 7.84. The van der Waals surface area contributed by atoms with Gasteiger partial charge < -0.3 is 0 Å². The van der Waals surface area contributed by atoms with Gasteiger partial charge in [-0.1, -0.05) is 6.92 Å². The van der Waals surface area contributed by atoms with Crippen LogP contribution < -0.4 is 5.14 Å². The molecule has 0 aromatic heterocycles. The normalized spacial score (nSPS) is 29.7. The van der Waals surface area contributed by atoms with Crippen molar-refractivity contribution in [2.75, 3.05) is 0 Å². The number of rotatable bonds is 4. The van der Waals surface area contributed by atoms with Crippen LogP contribution >= 0.6 is 23.2 Å². The SMILES string of the molecule is C[C@H](CC(C)(C)S(N)=O)[C@H]1CC1(Cl)Cl. The molecule has 0 amide bonds. The van der Waals surface area contributed by atoms with Gasteiger partial charge in [-0.2, -0.15) is 0 Å². The van der Waals surface area contributed by atoms with Crippen LogP contribution in [0.15, 0.2) is 0 Å². The molecule has 1 aliphatic carbocycles. The highest BCUT2D eigenvalue weighted by atomic mass is 35.5. The Morgan fingerprint density at radius 3 is 2.36 bits per heavy atom. The Kier molecular flexibility index (Phi) is 3.58. The molecule has 2 N–H and O–H groups in total. The molecule has 1 fully saturated rings. The molecule has 0 aliphatic heterocycles. The van der Waals surface area contributed by atoms with Gasteiger partial charge in [-0.15, -0.1) is 23.2 Å². The molecule has 0 saturated heterocycles. The summed E-state index contributed by atoms with van der Waals surface area (Å²) in [5.74, 6) is 0.696. The second-order valence-corrected chi connectivity index (χ2v) is 8.05. The molecule has 0 bridgehead atoms. The van der Waals surface area contributed by atoms with E-state index in [1.165, 1.54) is 0 Å². The maximum atomic E-state index is 11.2. The summed E-state index contributed by atoms with van der Waals surface area (Å²) < 4.78 is 10.3. The Balaban J connectivity index is 2.50. The average molecular weight is 258 g/mol. The molecule has 0 heterocycles. The zero-order chi connectivity index (χ0) is 11.1. The molecule has 2 nitrogen and oxygen atoms in total.